The molecule has 1 aromatic heterocycles. The van der Waals surface area contributed by atoms with Gasteiger partial charge in [0.15, 0.2) is 5.84 Å². The SMILES string of the molecule is CCC1=C(c2cccc3c2oc2ccccc23)N=C(c2ccc(C(C)C3Cc4cc5c(cc4-c4ccccc43)C3C=CC=CC3C5(C)C)cc2)N=C(c2ccccc2)C1. The molecule has 0 bridgehead atoms. The summed E-state index contributed by atoms with van der Waals surface area (Å²) in [7, 11) is 0. The van der Waals surface area contributed by atoms with Gasteiger partial charge in [-0.1, -0.05) is 167 Å². The lowest BCUT2D eigenvalue weighted by atomic mass is 9.70. The summed E-state index contributed by atoms with van der Waals surface area (Å²) < 4.78 is 6.58. The highest BCUT2D eigenvalue weighted by Gasteiger charge is 2.45. The third kappa shape index (κ3) is 5.77. The minimum atomic E-state index is 0.0965. The van der Waals surface area contributed by atoms with Crippen LogP contribution in [0.2, 0.25) is 0 Å². The van der Waals surface area contributed by atoms with E-state index in [0.29, 0.717) is 30.1 Å². The lowest BCUT2D eigenvalue weighted by Crippen LogP contribution is -2.25. The van der Waals surface area contributed by atoms with E-state index in [-0.39, 0.29) is 5.41 Å². The normalized spacial score (nSPS) is 20.7. The molecule has 3 aliphatic carbocycles. The Morgan fingerprint density at radius 1 is 0.695 bits per heavy atom. The molecule has 2 heterocycles. The van der Waals surface area contributed by atoms with Crippen molar-refractivity contribution in [3.63, 3.8) is 0 Å². The first-order valence-corrected chi connectivity index (χ1v) is 21.4. The molecule has 3 nitrogen and oxygen atoms in total. The Bertz CT molecular complexity index is 2970. The molecule has 4 unspecified atom stereocenters. The molecular formula is C56H48N2O. The van der Waals surface area contributed by atoms with Crippen LogP contribution in [0.3, 0.4) is 0 Å². The first kappa shape index (κ1) is 35.8. The van der Waals surface area contributed by atoms with E-state index < -0.39 is 0 Å². The molecule has 6 aromatic carbocycles. The van der Waals surface area contributed by atoms with Gasteiger partial charge < -0.3 is 4.42 Å². The fourth-order valence-electron chi connectivity index (χ4n) is 10.8. The van der Waals surface area contributed by atoms with Crippen molar-refractivity contribution in [2.45, 2.75) is 70.1 Å². The summed E-state index contributed by atoms with van der Waals surface area (Å²) in [4.78, 5) is 10.9. The number of furan rings is 1. The lowest BCUT2D eigenvalue weighted by molar-refractivity contribution is 0.394. The number of amidine groups is 1. The monoisotopic (exact) mass is 764 g/mol. The zero-order valence-corrected chi connectivity index (χ0v) is 34.2. The third-order valence-corrected chi connectivity index (χ3v) is 14.1. The molecule has 288 valence electrons. The molecule has 0 saturated heterocycles. The second-order valence-electron chi connectivity index (χ2n) is 17.6. The summed E-state index contributed by atoms with van der Waals surface area (Å²) in [6, 6.07) is 48.8. The number of aliphatic imine (C=N–C) groups is 2. The van der Waals surface area contributed by atoms with Gasteiger partial charge in [-0.15, -0.1) is 0 Å². The molecule has 11 rings (SSSR count). The Morgan fingerprint density at radius 3 is 2.29 bits per heavy atom. The van der Waals surface area contributed by atoms with Gasteiger partial charge in [0.1, 0.15) is 11.2 Å². The number of para-hydroxylation sites is 2. The van der Waals surface area contributed by atoms with Gasteiger partial charge in [-0.3, -0.25) is 0 Å². The van der Waals surface area contributed by atoms with Crippen LogP contribution in [0.5, 0.6) is 0 Å². The van der Waals surface area contributed by atoms with Gasteiger partial charge in [-0.25, -0.2) is 9.98 Å². The van der Waals surface area contributed by atoms with Crippen LogP contribution < -0.4 is 0 Å². The van der Waals surface area contributed by atoms with Crippen molar-refractivity contribution in [3.05, 3.63) is 208 Å². The predicted octanol–water partition coefficient (Wildman–Crippen LogP) is 14.3. The average molecular weight is 765 g/mol. The molecule has 0 radical (unpaired) electrons. The van der Waals surface area contributed by atoms with E-state index in [1.165, 1.54) is 44.5 Å². The minimum absolute atomic E-state index is 0.0965. The Balaban J connectivity index is 0.977. The van der Waals surface area contributed by atoms with Crippen molar-refractivity contribution < 1.29 is 4.42 Å². The van der Waals surface area contributed by atoms with E-state index >= 15 is 0 Å². The van der Waals surface area contributed by atoms with E-state index in [0.717, 1.165) is 68.7 Å². The largest absolute Gasteiger partial charge is 0.455 e. The summed E-state index contributed by atoms with van der Waals surface area (Å²) in [5.74, 6) is 2.34. The van der Waals surface area contributed by atoms with E-state index in [2.05, 4.69) is 173 Å². The number of allylic oxidation sites excluding steroid dienone is 5. The van der Waals surface area contributed by atoms with Crippen molar-refractivity contribution in [1.82, 2.24) is 0 Å². The highest BCUT2D eigenvalue weighted by Crippen LogP contribution is 2.56. The molecule has 0 fully saturated rings. The zero-order chi connectivity index (χ0) is 39.8. The Morgan fingerprint density at radius 2 is 1.44 bits per heavy atom. The van der Waals surface area contributed by atoms with Gasteiger partial charge in [0.2, 0.25) is 0 Å². The van der Waals surface area contributed by atoms with Crippen LogP contribution in [0.4, 0.5) is 0 Å². The van der Waals surface area contributed by atoms with Gasteiger partial charge in [0.05, 0.1) is 11.4 Å². The fraction of sp³-hybridized carbons (Fsp3) is 0.214. The Labute approximate surface area is 347 Å². The summed E-state index contributed by atoms with van der Waals surface area (Å²) in [5.41, 5.74) is 18.4. The molecule has 0 spiro atoms. The second kappa shape index (κ2) is 13.9. The standard InChI is InChI=1S/C56H48N2O/c1-5-35-32-51(37-16-7-6-8-17-37)57-55(58-53(35)45-23-15-22-44-43-21-12-14-25-52(43)59-54(44)45)38-28-26-36(27-29-38)34(2)46-30-39-31-50-48(33-47(39)41-19-10-9-18-40(41)46)42-20-11-13-24-49(42)56(50,3)4/h6-29,31,33-34,42,46,49H,5,30,32H2,1-4H3. The van der Waals surface area contributed by atoms with E-state index in [9.17, 15) is 0 Å². The Hall–Kier alpha value is -6.32. The molecule has 7 aromatic rings. The summed E-state index contributed by atoms with van der Waals surface area (Å²) in [5, 5.41) is 2.23. The lowest BCUT2D eigenvalue weighted by Gasteiger charge is -2.34. The molecule has 59 heavy (non-hydrogen) atoms. The number of rotatable bonds is 6. The van der Waals surface area contributed by atoms with Gasteiger partial charge in [-0.2, -0.15) is 0 Å². The Kier molecular flexibility index (Phi) is 8.44. The van der Waals surface area contributed by atoms with Crippen molar-refractivity contribution in [2.24, 2.45) is 15.9 Å². The van der Waals surface area contributed by atoms with Gasteiger partial charge in [0.25, 0.3) is 0 Å². The molecule has 4 atom stereocenters. The van der Waals surface area contributed by atoms with Gasteiger partial charge in [-0.05, 0) is 104 Å². The molecule has 0 amide bonds. The fourth-order valence-corrected chi connectivity index (χ4v) is 10.8. The summed E-state index contributed by atoms with van der Waals surface area (Å²) in [6.45, 7) is 9.53. The first-order chi connectivity index (χ1) is 28.9. The third-order valence-electron chi connectivity index (χ3n) is 14.1. The molecule has 1 aliphatic heterocycles. The van der Waals surface area contributed by atoms with Crippen LogP contribution >= 0.6 is 0 Å². The molecule has 0 N–H and O–H groups in total. The molecule has 3 heteroatoms. The van der Waals surface area contributed by atoms with Crippen LogP contribution in [0, 0.1) is 5.92 Å². The number of fused-ring (bicyclic) bond motifs is 9. The second-order valence-corrected chi connectivity index (χ2v) is 17.6. The molecular weight excluding hydrogens is 717 g/mol. The first-order valence-electron chi connectivity index (χ1n) is 21.4. The van der Waals surface area contributed by atoms with Crippen molar-refractivity contribution in [3.8, 4) is 11.1 Å². The van der Waals surface area contributed by atoms with Crippen LogP contribution in [0.15, 0.2) is 178 Å². The van der Waals surface area contributed by atoms with Crippen molar-refractivity contribution >= 4 is 39.2 Å². The maximum Gasteiger partial charge on any atom is 0.160 e. The summed E-state index contributed by atoms with van der Waals surface area (Å²) in [6.07, 6.45) is 11.9. The minimum Gasteiger partial charge on any atom is -0.455 e. The number of benzene rings is 6. The van der Waals surface area contributed by atoms with Crippen LogP contribution in [-0.2, 0) is 11.8 Å². The maximum atomic E-state index is 6.58. The van der Waals surface area contributed by atoms with E-state index in [4.69, 9.17) is 14.4 Å². The number of nitrogens with zero attached hydrogens (tertiary/aromatic N) is 2. The van der Waals surface area contributed by atoms with Crippen LogP contribution in [-0.4, -0.2) is 11.5 Å². The highest BCUT2D eigenvalue weighted by molar-refractivity contribution is 6.17. The number of hydrogen-bond donors (Lipinski definition) is 0. The van der Waals surface area contributed by atoms with Crippen molar-refractivity contribution in [2.75, 3.05) is 0 Å². The highest BCUT2D eigenvalue weighted by atomic mass is 16.3. The quantitative estimate of drug-likeness (QED) is 0.166. The van der Waals surface area contributed by atoms with Crippen LogP contribution in [0.1, 0.15) is 103 Å². The smallest absolute Gasteiger partial charge is 0.160 e. The molecule has 0 saturated carbocycles. The maximum absolute atomic E-state index is 6.58. The average Bonchev–Trinajstić information content (AvgIpc) is 3.68. The predicted molar refractivity (Wildman–Crippen MR) is 246 cm³/mol. The van der Waals surface area contributed by atoms with E-state index in [1.807, 2.05) is 12.1 Å². The zero-order valence-electron chi connectivity index (χ0n) is 34.2. The number of hydrogen-bond acceptors (Lipinski definition) is 3. The topological polar surface area (TPSA) is 37.9 Å². The van der Waals surface area contributed by atoms with Crippen molar-refractivity contribution in [1.29, 1.82) is 0 Å². The van der Waals surface area contributed by atoms with E-state index in [1.54, 1.807) is 0 Å². The van der Waals surface area contributed by atoms with Gasteiger partial charge >= 0.3 is 0 Å². The summed E-state index contributed by atoms with van der Waals surface area (Å²) >= 11 is 0. The van der Waals surface area contributed by atoms with Gasteiger partial charge in [0, 0.05) is 34.2 Å². The molecule has 4 aliphatic rings. The van der Waals surface area contributed by atoms with Crippen LogP contribution in [0.25, 0.3) is 38.8 Å².